The summed E-state index contributed by atoms with van der Waals surface area (Å²) in [4.78, 5) is 42.6. The Hall–Kier alpha value is -3.43. The first-order valence-electron chi connectivity index (χ1n) is 14.0. The van der Waals surface area contributed by atoms with Crippen molar-refractivity contribution in [2.45, 2.75) is 70.9 Å². The molecule has 9 heteroatoms. The Morgan fingerprint density at radius 1 is 1.02 bits per heavy atom. The lowest BCUT2D eigenvalue weighted by Gasteiger charge is -2.34. The molecule has 0 aliphatic carbocycles. The molecule has 4 rings (SSSR count). The smallest absolute Gasteiger partial charge is 0.247 e. The number of aliphatic hydroxyl groups is 1. The minimum atomic E-state index is -1.07. The van der Waals surface area contributed by atoms with Crippen molar-refractivity contribution in [1.82, 2.24) is 20.9 Å². The topological polar surface area (TPSA) is 120 Å². The lowest BCUT2D eigenvalue weighted by Crippen LogP contribution is -2.62. The number of hydrogen-bond donors (Lipinski definition) is 4. The summed E-state index contributed by atoms with van der Waals surface area (Å²) in [6.45, 7) is 7.77. The Morgan fingerprint density at radius 3 is 2.25 bits per heavy atom. The van der Waals surface area contributed by atoms with Gasteiger partial charge in [0.25, 0.3) is 0 Å². The van der Waals surface area contributed by atoms with Crippen molar-refractivity contribution in [2.75, 3.05) is 20.6 Å². The van der Waals surface area contributed by atoms with Crippen molar-refractivity contribution in [3.05, 3.63) is 65.7 Å². The van der Waals surface area contributed by atoms with Crippen LogP contribution in [-0.2, 0) is 20.8 Å². The van der Waals surface area contributed by atoms with E-state index >= 15 is 0 Å². The molecule has 0 unspecified atom stereocenters. The number of rotatable bonds is 8. The summed E-state index contributed by atoms with van der Waals surface area (Å²) in [5.74, 6) is -0.751. The van der Waals surface area contributed by atoms with E-state index in [2.05, 4.69) is 16.0 Å². The van der Waals surface area contributed by atoms with Gasteiger partial charge in [-0.3, -0.25) is 19.3 Å². The molecule has 0 aromatic heterocycles. The number of likely N-dealkylation sites (N-methyl/N-ethyl adjacent to an activating group) is 1. The minimum absolute atomic E-state index is 0.00227. The van der Waals surface area contributed by atoms with Crippen LogP contribution in [0.15, 0.2) is 54.6 Å². The Kier molecular flexibility index (Phi) is 11.1. The molecule has 4 N–H and O–H groups in total. The van der Waals surface area contributed by atoms with Gasteiger partial charge in [0.2, 0.25) is 17.7 Å². The summed E-state index contributed by atoms with van der Waals surface area (Å²) in [6, 6.07) is 14.2. The Labute approximate surface area is 237 Å². The molecule has 2 bridgehead atoms. The van der Waals surface area contributed by atoms with Gasteiger partial charge in [-0.25, -0.2) is 0 Å². The second-order valence-corrected chi connectivity index (χ2v) is 11.5. The second-order valence-electron chi connectivity index (χ2n) is 11.5. The fourth-order valence-electron chi connectivity index (χ4n) is 4.81. The highest BCUT2D eigenvalue weighted by atomic mass is 16.5. The van der Waals surface area contributed by atoms with Crippen LogP contribution in [0, 0.1) is 11.8 Å². The molecule has 9 nitrogen and oxygen atoms in total. The fraction of sp³-hybridized carbons (Fsp3) is 0.516. The molecule has 2 aromatic carbocycles. The lowest BCUT2D eigenvalue weighted by atomic mass is 9.95. The van der Waals surface area contributed by atoms with Crippen LogP contribution in [0.5, 0.6) is 5.75 Å². The maximum atomic E-state index is 13.9. The third-order valence-corrected chi connectivity index (χ3v) is 7.11. The molecule has 0 saturated carbocycles. The van der Waals surface area contributed by atoms with Gasteiger partial charge in [0.1, 0.15) is 23.9 Å². The molecule has 3 amide bonds. The zero-order valence-corrected chi connectivity index (χ0v) is 24.4. The highest BCUT2D eigenvalue weighted by Crippen LogP contribution is 2.23. The molecule has 2 aliphatic rings. The summed E-state index contributed by atoms with van der Waals surface area (Å²) in [5.41, 5.74) is 1.63. The predicted octanol–water partition coefficient (Wildman–Crippen LogP) is 2.44. The van der Waals surface area contributed by atoms with Gasteiger partial charge in [-0.15, -0.1) is 0 Å². The summed E-state index contributed by atoms with van der Waals surface area (Å²) in [5, 5.41) is 19.2. The van der Waals surface area contributed by atoms with Crippen LogP contribution in [0.3, 0.4) is 0 Å². The van der Waals surface area contributed by atoms with Crippen LogP contribution in [0.25, 0.3) is 0 Å². The van der Waals surface area contributed by atoms with Gasteiger partial charge < -0.3 is 25.8 Å². The molecule has 2 heterocycles. The largest absolute Gasteiger partial charge is 0.487 e. The quantitative estimate of drug-likeness (QED) is 0.399. The first-order chi connectivity index (χ1) is 19.0. The second kappa shape index (κ2) is 14.3. The first kappa shape index (κ1) is 31.1. The molecule has 0 radical (unpaired) electrons. The van der Waals surface area contributed by atoms with E-state index < -0.39 is 42.1 Å². The van der Waals surface area contributed by atoms with Crippen molar-refractivity contribution in [1.29, 1.82) is 0 Å². The van der Waals surface area contributed by atoms with Crippen LogP contribution in [0.2, 0.25) is 0 Å². The van der Waals surface area contributed by atoms with E-state index in [0.29, 0.717) is 24.2 Å². The van der Waals surface area contributed by atoms with E-state index in [-0.39, 0.29) is 24.3 Å². The molecule has 0 fully saturated rings. The molecule has 0 saturated heterocycles. The Balaban J connectivity index is 1.99. The van der Waals surface area contributed by atoms with E-state index in [1.54, 1.807) is 24.3 Å². The summed E-state index contributed by atoms with van der Waals surface area (Å²) in [7, 11) is 3.66. The SMILES string of the molecule is CC(C)C[C@@H]1NC(=O)[C@@H](NC(=O)[C@H](Cc2ccccc2)N(C)C)[C@H](C(C)C)Oc2ccc(cc2)[C@H](O)CNC1=O. The maximum Gasteiger partial charge on any atom is 0.247 e. The van der Waals surface area contributed by atoms with Crippen molar-refractivity contribution in [2.24, 2.45) is 11.8 Å². The average Bonchev–Trinajstić information content (AvgIpc) is 2.91. The Morgan fingerprint density at radius 2 is 1.68 bits per heavy atom. The van der Waals surface area contributed by atoms with Crippen molar-refractivity contribution in [3.8, 4) is 5.75 Å². The van der Waals surface area contributed by atoms with Gasteiger partial charge in [-0.05, 0) is 62.0 Å². The number of benzene rings is 2. The molecule has 0 spiro atoms. The molecular formula is C31H44N4O5. The Bertz CT molecular complexity index is 1120. The number of fused-ring (bicyclic) bond motifs is 11. The van der Waals surface area contributed by atoms with Crippen molar-refractivity contribution < 1.29 is 24.2 Å². The maximum absolute atomic E-state index is 13.9. The highest BCUT2D eigenvalue weighted by Gasteiger charge is 2.38. The molecule has 2 aliphatic heterocycles. The number of amides is 3. The van der Waals surface area contributed by atoms with E-state index in [0.717, 1.165) is 5.56 Å². The van der Waals surface area contributed by atoms with Crippen molar-refractivity contribution in [3.63, 3.8) is 0 Å². The zero-order valence-electron chi connectivity index (χ0n) is 24.4. The van der Waals surface area contributed by atoms with Crippen LogP contribution in [0.1, 0.15) is 51.3 Å². The number of nitrogens with one attached hydrogen (secondary N) is 3. The number of nitrogens with zero attached hydrogens (tertiary/aromatic N) is 1. The van der Waals surface area contributed by atoms with E-state index in [1.165, 1.54) is 0 Å². The number of aliphatic hydroxyl groups excluding tert-OH is 1. The normalized spacial score (nSPS) is 22.9. The van der Waals surface area contributed by atoms with Gasteiger partial charge in [-0.1, -0.05) is 70.2 Å². The summed E-state index contributed by atoms with van der Waals surface area (Å²) < 4.78 is 6.32. The van der Waals surface area contributed by atoms with Gasteiger partial charge in [-0.2, -0.15) is 0 Å². The summed E-state index contributed by atoms with van der Waals surface area (Å²) >= 11 is 0. The lowest BCUT2D eigenvalue weighted by molar-refractivity contribution is -0.136. The minimum Gasteiger partial charge on any atom is -0.487 e. The van der Waals surface area contributed by atoms with Gasteiger partial charge in [0.15, 0.2) is 0 Å². The molecule has 40 heavy (non-hydrogen) atoms. The van der Waals surface area contributed by atoms with E-state index in [4.69, 9.17) is 4.74 Å². The van der Waals surface area contributed by atoms with Gasteiger partial charge in [0.05, 0.1) is 12.1 Å². The van der Waals surface area contributed by atoms with Gasteiger partial charge >= 0.3 is 0 Å². The van der Waals surface area contributed by atoms with Crippen molar-refractivity contribution >= 4 is 17.7 Å². The number of carbonyl (C=O) groups excluding carboxylic acids is 3. The number of hydrogen-bond acceptors (Lipinski definition) is 6. The fourth-order valence-corrected chi connectivity index (χ4v) is 4.81. The van der Waals surface area contributed by atoms with Crippen LogP contribution < -0.4 is 20.7 Å². The third-order valence-electron chi connectivity index (χ3n) is 7.11. The van der Waals surface area contributed by atoms with Crippen LogP contribution in [0.4, 0.5) is 0 Å². The average molecular weight is 553 g/mol. The molecular weight excluding hydrogens is 508 g/mol. The molecule has 5 atom stereocenters. The standard InChI is InChI=1S/C31H44N4O5/c1-19(2)16-24-29(37)32-18-26(36)22-12-14-23(15-13-22)40-28(20(3)4)27(31(39)33-24)34-30(38)25(35(5)6)17-21-10-8-7-9-11-21/h7-15,19-20,24-28,36H,16-18H2,1-6H3,(H,32,37)(H,33,39)(H,34,38)/t24-,25-,26+,27-,28-/m0/s1. The van der Waals surface area contributed by atoms with E-state index in [1.807, 2.05) is 77.0 Å². The van der Waals surface area contributed by atoms with E-state index in [9.17, 15) is 19.5 Å². The molecule has 2 aromatic rings. The number of carbonyl (C=O) groups is 3. The monoisotopic (exact) mass is 552 g/mol. The van der Waals surface area contributed by atoms with Crippen LogP contribution >= 0.6 is 0 Å². The number of ether oxygens (including phenoxy) is 1. The zero-order chi connectivity index (χ0) is 29.4. The third kappa shape index (κ3) is 8.53. The van der Waals surface area contributed by atoms with Crippen LogP contribution in [-0.4, -0.2) is 72.6 Å². The molecule has 218 valence electrons. The highest BCUT2D eigenvalue weighted by molar-refractivity contribution is 5.93. The van der Waals surface area contributed by atoms with Gasteiger partial charge in [0, 0.05) is 6.54 Å². The predicted molar refractivity (Wildman–Crippen MR) is 155 cm³/mol. The first-order valence-corrected chi connectivity index (χ1v) is 14.0. The summed E-state index contributed by atoms with van der Waals surface area (Å²) in [6.07, 6.45) is -0.783.